The van der Waals surface area contributed by atoms with E-state index in [1.54, 1.807) is 23.1 Å². The lowest BCUT2D eigenvalue weighted by Crippen LogP contribution is -2.35. The number of rotatable bonds is 3. The number of anilines is 1. The molecular weight excluding hydrogens is 439 g/mol. The fourth-order valence-electron chi connectivity index (χ4n) is 3.47. The molecule has 29 heavy (non-hydrogen) atoms. The molecule has 1 aliphatic rings. The summed E-state index contributed by atoms with van der Waals surface area (Å²) in [5.74, 6) is 0.695. The lowest BCUT2D eigenvalue weighted by molar-refractivity contribution is 0.0733. The van der Waals surface area contributed by atoms with Gasteiger partial charge in [0.1, 0.15) is 18.0 Å². The van der Waals surface area contributed by atoms with Crippen molar-refractivity contribution in [2.75, 3.05) is 31.1 Å². The van der Waals surface area contributed by atoms with E-state index >= 15 is 0 Å². The minimum absolute atomic E-state index is 0.115. The average Bonchev–Trinajstić information content (AvgIpc) is 3.01. The second-order valence-corrected chi connectivity index (χ2v) is 7.74. The van der Waals surface area contributed by atoms with Gasteiger partial charge in [-0.15, -0.1) is 0 Å². The second-order valence-electron chi connectivity index (χ2n) is 6.96. The highest BCUT2D eigenvalue weighted by Gasteiger charge is 2.23. The maximum atomic E-state index is 13.7. The maximum Gasteiger partial charge on any atom is 0.289 e. The third kappa shape index (κ3) is 4.32. The van der Waals surface area contributed by atoms with Crippen molar-refractivity contribution in [1.82, 2.24) is 14.9 Å². The summed E-state index contributed by atoms with van der Waals surface area (Å²) in [6.45, 7) is 4.56. The van der Waals surface area contributed by atoms with E-state index in [0.29, 0.717) is 35.8 Å². The zero-order chi connectivity index (χ0) is 20.4. The van der Waals surface area contributed by atoms with Crippen LogP contribution in [-0.4, -0.2) is 47.0 Å². The van der Waals surface area contributed by atoms with Crippen LogP contribution in [0.5, 0.6) is 0 Å². The quantitative estimate of drug-likeness (QED) is 0.585. The number of carbonyl (C=O) groups excluding carboxylic acids is 1. The Morgan fingerprint density at radius 3 is 2.76 bits per heavy atom. The number of nitrogens with zero attached hydrogens (tertiary/aromatic N) is 4. The van der Waals surface area contributed by atoms with E-state index in [-0.39, 0.29) is 11.7 Å². The molecule has 150 valence electrons. The van der Waals surface area contributed by atoms with E-state index in [2.05, 4.69) is 30.8 Å². The Kier molecular flexibility index (Phi) is 5.62. The van der Waals surface area contributed by atoms with Crippen molar-refractivity contribution in [3.05, 3.63) is 64.5 Å². The Bertz CT molecular complexity index is 1040. The Balaban J connectivity index is 1.51. The van der Waals surface area contributed by atoms with Crippen molar-refractivity contribution in [2.24, 2.45) is 0 Å². The molecule has 0 saturated carbocycles. The predicted octanol–water partition coefficient (Wildman–Crippen LogP) is 4.30. The van der Waals surface area contributed by atoms with Crippen molar-refractivity contribution >= 4 is 27.7 Å². The summed E-state index contributed by atoms with van der Waals surface area (Å²) in [5.41, 5.74) is 2.39. The van der Waals surface area contributed by atoms with Crippen molar-refractivity contribution < 1.29 is 13.6 Å². The van der Waals surface area contributed by atoms with Crippen molar-refractivity contribution in [3.8, 4) is 11.3 Å². The minimum atomic E-state index is -0.292. The Morgan fingerprint density at radius 1 is 1.10 bits per heavy atom. The molecule has 4 rings (SSSR count). The van der Waals surface area contributed by atoms with Crippen LogP contribution in [0.15, 0.2) is 51.8 Å². The van der Waals surface area contributed by atoms with Gasteiger partial charge in [-0.2, -0.15) is 0 Å². The summed E-state index contributed by atoms with van der Waals surface area (Å²) in [4.78, 5) is 25.3. The average molecular weight is 459 g/mol. The molecule has 0 bridgehead atoms. The number of amides is 1. The van der Waals surface area contributed by atoms with Crippen LogP contribution < -0.4 is 4.90 Å². The smallest absolute Gasteiger partial charge is 0.289 e. The van der Waals surface area contributed by atoms with Gasteiger partial charge in [-0.1, -0.05) is 6.07 Å². The first-order valence-corrected chi connectivity index (χ1v) is 10.2. The molecule has 2 aromatic heterocycles. The molecule has 1 amide bonds. The van der Waals surface area contributed by atoms with Crippen LogP contribution in [0.4, 0.5) is 10.2 Å². The lowest BCUT2D eigenvalue weighted by atomic mass is 10.1. The first kappa shape index (κ1) is 19.6. The molecule has 3 aromatic rings. The van der Waals surface area contributed by atoms with Gasteiger partial charge in [-0.05, 0) is 59.1 Å². The standard InChI is InChI=1S/C21H20BrFN4O2/c1-14-3-4-15(23)11-16(14)17-12-20(25-13-24-17)26-7-2-8-27(10-9-26)21(28)18-5-6-19(22)29-18/h3-6,11-13H,2,7-10H2,1H3. The number of halogens is 2. The Labute approximate surface area is 176 Å². The summed E-state index contributed by atoms with van der Waals surface area (Å²) < 4.78 is 19.6. The van der Waals surface area contributed by atoms with E-state index in [1.807, 2.05) is 13.0 Å². The molecular formula is C21H20BrFN4O2. The van der Waals surface area contributed by atoms with Gasteiger partial charge in [0.15, 0.2) is 10.4 Å². The molecule has 1 aromatic carbocycles. The Morgan fingerprint density at radius 2 is 1.97 bits per heavy atom. The summed E-state index contributed by atoms with van der Waals surface area (Å²) in [6, 6.07) is 9.95. The van der Waals surface area contributed by atoms with E-state index in [4.69, 9.17) is 4.42 Å². The van der Waals surface area contributed by atoms with Crippen LogP contribution in [0.2, 0.25) is 0 Å². The van der Waals surface area contributed by atoms with Crippen LogP contribution in [0.3, 0.4) is 0 Å². The van der Waals surface area contributed by atoms with Gasteiger partial charge in [-0.25, -0.2) is 14.4 Å². The number of furan rings is 1. The third-order valence-electron chi connectivity index (χ3n) is 5.02. The number of hydrogen-bond acceptors (Lipinski definition) is 5. The van der Waals surface area contributed by atoms with Crippen LogP contribution in [0.25, 0.3) is 11.3 Å². The zero-order valence-corrected chi connectivity index (χ0v) is 17.5. The van der Waals surface area contributed by atoms with E-state index in [9.17, 15) is 9.18 Å². The number of benzene rings is 1. The van der Waals surface area contributed by atoms with Crippen molar-refractivity contribution in [1.29, 1.82) is 0 Å². The summed E-state index contributed by atoms with van der Waals surface area (Å²) >= 11 is 3.23. The number of aryl methyl sites for hydroxylation is 1. The highest BCUT2D eigenvalue weighted by molar-refractivity contribution is 9.10. The van der Waals surface area contributed by atoms with E-state index in [1.165, 1.54) is 18.5 Å². The number of aromatic nitrogens is 2. The minimum Gasteiger partial charge on any atom is -0.444 e. The largest absolute Gasteiger partial charge is 0.444 e. The van der Waals surface area contributed by atoms with Crippen LogP contribution >= 0.6 is 15.9 Å². The van der Waals surface area contributed by atoms with E-state index < -0.39 is 0 Å². The van der Waals surface area contributed by atoms with Gasteiger partial charge in [0.05, 0.1) is 5.69 Å². The van der Waals surface area contributed by atoms with Crippen LogP contribution in [0, 0.1) is 12.7 Å². The molecule has 3 heterocycles. The third-order valence-corrected chi connectivity index (χ3v) is 5.45. The molecule has 1 fully saturated rings. The summed E-state index contributed by atoms with van der Waals surface area (Å²) in [7, 11) is 0. The highest BCUT2D eigenvalue weighted by atomic mass is 79.9. The lowest BCUT2D eigenvalue weighted by Gasteiger charge is -2.22. The predicted molar refractivity (Wildman–Crippen MR) is 111 cm³/mol. The molecule has 0 atom stereocenters. The van der Waals surface area contributed by atoms with Gasteiger partial charge in [0.2, 0.25) is 0 Å². The van der Waals surface area contributed by atoms with Gasteiger partial charge in [0.25, 0.3) is 5.91 Å². The zero-order valence-electron chi connectivity index (χ0n) is 15.9. The molecule has 1 aliphatic heterocycles. The monoisotopic (exact) mass is 458 g/mol. The summed E-state index contributed by atoms with van der Waals surface area (Å²) in [5, 5.41) is 0. The van der Waals surface area contributed by atoms with Gasteiger partial charge < -0.3 is 14.2 Å². The maximum absolute atomic E-state index is 13.7. The molecule has 8 heteroatoms. The Hall–Kier alpha value is -2.74. The fourth-order valence-corrected chi connectivity index (χ4v) is 3.78. The SMILES string of the molecule is Cc1ccc(F)cc1-c1cc(N2CCCN(C(=O)c3ccc(Br)o3)CC2)ncn1. The molecule has 1 saturated heterocycles. The number of hydrogen-bond donors (Lipinski definition) is 0. The molecule has 6 nitrogen and oxygen atoms in total. The van der Waals surface area contributed by atoms with Crippen molar-refractivity contribution in [2.45, 2.75) is 13.3 Å². The summed E-state index contributed by atoms with van der Waals surface area (Å²) in [6.07, 6.45) is 2.31. The second kappa shape index (κ2) is 8.32. The van der Waals surface area contributed by atoms with Crippen LogP contribution in [-0.2, 0) is 0 Å². The van der Waals surface area contributed by atoms with Gasteiger partial charge >= 0.3 is 0 Å². The van der Waals surface area contributed by atoms with Gasteiger partial charge in [-0.3, -0.25) is 4.79 Å². The van der Waals surface area contributed by atoms with Gasteiger partial charge in [0, 0.05) is 37.8 Å². The normalized spacial score (nSPS) is 14.7. The topological polar surface area (TPSA) is 62.5 Å². The fraction of sp³-hybridized carbons (Fsp3) is 0.286. The molecule has 0 unspecified atom stereocenters. The van der Waals surface area contributed by atoms with Crippen molar-refractivity contribution in [3.63, 3.8) is 0 Å². The molecule has 0 N–H and O–H groups in total. The molecule has 0 radical (unpaired) electrons. The molecule has 0 spiro atoms. The first-order chi connectivity index (χ1) is 14.0. The highest BCUT2D eigenvalue weighted by Crippen LogP contribution is 2.25. The first-order valence-electron chi connectivity index (χ1n) is 9.39. The van der Waals surface area contributed by atoms with E-state index in [0.717, 1.165) is 29.9 Å². The number of carbonyl (C=O) groups is 1. The molecule has 0 aliphatic carbocycles. The van der Waals surface area contributed by atoms with Crippen LogP contribution in [0.1, 0.15) is 22.5 Å².